The third-order valence-corrected chi connectivity index (χ3v) is 4.18. The molecule has 1 aliphatic heterocycles. The third kappa shape index (κ3) is 7.38. The van der Waals surface area contributed by atoms with E-state index in [1.807, 2.05) is 0 Å². The minimum absolute atomic E-state index is 0.656. The predicted molar refractivity (Wildman–Crippen MR) is 80.9 cm³/mol. The first-order valence-corrected chi connectivity index (χ1v) is 8.28. The molecule has 0 radical (unpaired) electrons. The van der Waals surface area contributed by atoms with E-state index in [9.17, 15) is 0 Å². The highest BCUT2D eigenvalue weighted by atomic mass is 15.2. The number of hydrogen-bond acceptors (Lipinski definition) is 2. The van der Waals surface area contributed by atoms with Crippen molar-refractivity contribution in [2.24, 2.45) is 0 Å². The summed E-state index contributed by atoms with van der Waals surface area (Å²) in [6.45, 7) is 4.77. The van der Waals surface area contributed by atoms with Crippen LogP contribution in [0.1, 0.15) is 77.6 Å². The molecule has 0 aromatic carbocycles. The fourth-order valence-electron chi connectivity index (χ4n) is 2.86. The van der Waals surface area contributed by atoms with Crippen molar-refractivity contribution in [3.8, 4) is 0 Å². The van der Waals surface area contributed by atoms with Crippen molar-refractivity contribution in [3.05, 3.63) is 0 Å². The Bertz CT molecular complexity index is 182. The van der Waals surface area contributed by atoms with E-state index in [2.05, 4.69) is 24.2 Å². The summed E-state index contributed by atoms with van der Waals surface area (Å²) in [5.41, 5.74) is 0. The highest BCUT2D eigenvalue weighted by Gasteiger charge is 2.17. The first-order valence-electron chi connectivity index (χ1n) is 8.28. The zero-order valence-electron chi connectivity index (χ0n) is 12.7. The molecule has 1 N–H and O–H groups in total. The number of hydrogen-bond donors (Lipinski definition) is 1. The first-order chi connectivity index (χ1) is 8.84. The second-order valence-corrected chi connectivity index (χ2v) is 5.92. The zero-order valence-corrected chi connectivity index (χ0v) is 12.7. The van der Waals surface area contributed by atoms with Gasteiger partial charge in [0, 0.05) is 0 Å². The lowest BCUT2D eigenvalue weighted by atomic mass is 10.1. The van der Waals surface area contributed by atoms with Crippen molar-refractivity contribution >= 4 is 0 Å². The Kier molecular flexibility index (Phi) is 9.59. The van der Waals surface area contributed by atoms with Gasteiger partial charge >= 0.3 is 0 Å². The molecule has 0 amide bonds. The van der Waals surface area contributed by atoms with Crippen LogP contribution in [-0.2, 0) is 0 Å². The fraction of sp³-hybridized carbons (Fsp3) is 1.00. The first kappa shape index (κ1) is 16.0. The Morgan fingerprint density at radius 2 is 1.61 bits per heavy atom. The molecule has 1 saturated heterocycles. The smallest absolute Gasteiger partial charge is 0.0594 e. The second-order valence-electron chi connectivity index (χ2n) is 5.92. The maximum atomic E-state index is 3.71. The molecule has 0 aromatic heterocycles. The van der Waals surface area contributed by atoms with Gasteiger partial charge in [-0.25, -0.2) is 0 Å². The van der Waals surface area contributed by atoms with Crippen molar-refractivity contribution in [1.82, 2.24) is 10.2 Å². The van der Waals surface area contributed by atoms with Crippen LogP contribution in [0.5, 0.6) is 0 Å². The molecule has 0 bridgehead atoms. The number of nitrogens with zero attached hydrogens (tertiary/aromatic N) is 1. The quantitative estimate of drug-likeness (QED) is 0.589. The summed E-state index contributed by atoms with van der Waals surface area (Å²) >= 11 is 0. The SMILES string of the molecule is CCCCCCCCCCNC1CCCCN1C. The van der Waals surface area contributed by atoms with Crippen LogP contribution in [0, 0.1) is 0 Å². The van der Waals surface area contributed by atoms with Crippen molar-refractivity contribution < 1.29 is 0 Å². The molecule has 18 heavy (non-hydrogen) atoms. The van der Waals surface area contributed by atoms with Gasteiger partial charge < -0.3 is 5.32 Å². The molecule has 1 heterocycles. The normalized spacial score (nSPS) is 21.3. The fourth-order valence-corrected chi connectivity index (χ4v) is 2.86. The molecule has 1 atom stereocenters. The molecular weight excluding hydrogens is 220 g/mol. The van der Waals surface area contributed by atoms with Crippen LogP contribution in [0.3, 0.4) is 0 Å². The van der Waals surface area contributed by atoms with Gasteiger partial charge in [0.1, 0.15) is 0 Å². The minimum Gasteiger partial charge on any atom is -0.302 e. The van der Waals surface area contributed by atoms with Gasteiger partial charge in [0.2, 0.25) is 0 Å². The maximum absolute atomic E-state index is 3.71. The average molecular weight is 254 g/mol. The van der Waals surface area contributed by atoms with Crippen LogP contribution in [-0.4, -0.2) is 31.2 Å². The van der Waals surface area contributed by atoms with E-state index in [0.717, 1.165) is 0 Å². The monoisotopic (exact) mass is 254 g/mol. The van der Waals surface area contributed by atoms with Gasteiger partial charge in [-0.2, -0.15) is 0 Å². The van der Waals surface area contributed by atoms with E-state index in [-0.39, 0.29) is 0 Å². The number of nitrogens with one attached hydrogen (secondary N) is 1. The number of rotatable bonds is 10. The van der Waals surface area contributed by atoms with Gasteiger partial charge in [-0.15, -0.1) is 0 Å². The van der Waals surface area contributed by atoms with Crippen molar-refractivity contribution in [2.75, 3.05) is 20.1 Å². The Balaban J connectivity index is 1.83. The summed E-state index contributed by atoms with van der Waals surface area (Å²) in [4.78, 5) is 2.48. The maximum Gasteiger partial charge on any atom is 0.0594 e. The Hall–Kier alpha value is -0.0800. The molecule has 0 aromatic rings. The van der Waals surface area contributed by atoms with E-state index in [0.29, 0.717) is 6.17 Å². The molecule has 1 aliphatic rings. The Morgan fingerprint density at radius 3 is 2.28 bits per heavy atom. The zero-order chi connectivity index (χ0) is 13.1. The van der Waals surface area contributed by atoms with Crippen LogP contribution in [0.25, 0.3) is 0 Å². The number of piperidine rings is 1. The predicted octanol–water partition coefficient (Wildman–Crippen LogP) is 4.16. The van der Waals surface area contributed by atoms with E-state index < -0.39 is 0 Å². The van der Waals surface area contributed by atoms with Crippen molar-refractivity contribution in [1.29, 1.82) is 0 Å². The van der Waals surface area contributed by atoms with Crippen molar-refractivity contribution in [3.63, 3.8) is 0 Å². The molecule has 0 saturated carbocycles. The lowest BCUT2D eigenvalue weighted by Crippen LogP contribution is -2.46. The van der Waals surface area contributed by atoms with Gasteiger partial charge in [-0.3, -0.25) is 4.90 Å². The molecule has 2 heteroatoms. The van der Waals surface area contributed by atoms with Crippen LogP contribution in [0.15, 0.2) is 0 Å². The number of unbranched alkanes of at least 4 members (excludes halogenated alkanes) is 7. The van der Waals surface area contributed by atoms with Gasteiger partial charge in [0.05, 0.1) is 6.17 Å². The molecule has 0 aliphatic carbocycles. The molecule has 0 spiro atoms. The number of likely N-dealkylation sites (tertiary alicyclic amines) is 1. The van der Waals surface area contributed by atoms with Gasteiger partial charge in [-0.1, -0.05) is 51.9 Å². The molecule has 1 fully saturated rings. The second kappa shape index (κ2) is 10.8. The van der Waals surface area contributed by atoms with E-state index in [1.54, 1.807) is 0 Å². The highest BCUT2D eigenvalue weighted by Crippen LogP contribution is 2.13. The topological polar surface area (TPSA) is 15.3 Å². The summed E-state index contributed by atoms with van der Waals surface area (Å²) in [5.74, 6) is 0. The summed E-state index contributed by atoms with van der Waals surface area (Å²) in [6, 6.07) is 0. The summed E-state index contributed by atoms with van der Waals surface area (Å²) < 4.78 is 0. The van der Waals surface area contributed by atoms with Gasteiger partial charge in [-0.05, 0) is 45.8 Å². The summed E-state index contributed by atoms with van der Waals surface area (Å²) in [5, 5.41) is 3.71. The third-order valence-electron chi connectivity index (χ3n) is 4.18. The lowest BCUT2D eigenvalue weighted by molar-refractivity contribution is 0.153. The summed E-state index contributed by atoms with van der Waals surface area (Å²) in [6.07, 6.45) is 16.1. The van der Waals surface area contributed by atoms with Crippen LogP contribution < -0.4 is 5.32 Å². The molecular formula is C16H34N2. The van der Waals surface area contributed by atoms with E-state index >= 15 is 0 Å². The average Bonchev–Trinajstić information content (AvgIpc) is 2.39. The van der Waals surface area contributed by atoms with Crippen molar-refractivity contribution in [2.45, 2.75) is 83.7 Å². The summed E-state index contributed by atoms with van der Waals surface area (Å²) in [7, 11) is 2.25. The van der Waals surface area contributed by atoms with E-state index in [4.69, 9.17) is 0 Å². The molecule has 1 unspecified atom stereocenters. The highest BCUT2D eigenvalue weighted by molar-refractivity contribution is 4.71. The molecule has 2 nitrogen and oxygen atoms in total. The standard InChI is InChI=1S/C16H34N2/c1-3-4-5-6-7-8-9-11-14-17-16-13-10-12-15-18(16)2/h16-17H,3-15H2,1-2H3. The largest absolute Gasteiger partial charge is 0.302 e. The lowest BCUT2D eigenvalue weighted by Gasteiger charge is -2.33. The van der Waals surface area contributed by atoms with Gasteiger partial charge in [0.15, 0.2) is 0 Å². The van der Waals surface area contributed by atoms with Crippen LogP contribution >= 0.6 is 0 Å². The Morgan fingerprint density at radius 1 is 0.944 bits per heavy atom. The van der Waals surface area contributed by atoms with Crippen LogP contribution in [0.2, 0.25) is 0 Å². The van der Waals surface area contributed by atoms with Gasteiger partial charge in [0.25, 0.3) is 0 Å². The van der Waals surface area contributed by atoms with E-state index in [1.165, 1.54) is 83.7 Å². The molecule has 1 rings (SSSR count). The minimum atomic E-state index is 0.656. The van der Waals surface area contributed by atoms with Crippen LogP contribution in [0.4, 0.5) is 0 Å². The Labute approximate surface area is 115 Å². The molecule has 108 valence electrons.